The molecular weight excluding hydrogens is 408 g/mol. The van der Waals surface area contributed by atoms with Gasteiger partial charge in [0.25, 0.3) is 5.56 Å². The van der Waals surface area contributed by atoms with E-state index < -0.39 is 0 Å². The molecule has 1 N–H and O–H groups in total. The van der Waals surface area contributed by atoms with Crippen molar-refractivity contribution in [1.82, 2.24) is 9.55 Å². The average Bonchev–Trinajstić information content (AvgIpc) is 2.90. The molecule has 0 atom stereocenters. The Bertz CT molecular complexity index is 1070. The molecule has 27 heavy (non-hydrogen) atoms. The number of halogens is 1. The molecule has 0 aliphatic carbocycles. The van der Waals surface area contributed by atoms with Crippen molar-refractivity contribution in [3.05, 3.63) is 68.5 Å². The highest BCUT2D eigenvalue weighted by Crippen LogP contribution is 2.34. The number of esters is 1. The Morgan fingerprint density at radius 2 is 2.04 bits per heavy atom. The molecule has 0 spiro atoms. The molecule has 3 aromatic rings. The minimum Gasteiger partial charge on any atom is -0.461 e. The van der Waals surface area contributed by atoms with E-state index in [4.69, 9.17) is 4.74 Å². The summed E-state index contributed by atoms with van der Waals surface area (Å²) < 4.78 is 7.82. The number of H-pyrrole nitrogens is 1. The van der Waals surface area contributed by atoms with Gasteiger partial charge in [-0.1, -0.05) is 30.3 Å². The number of fused-ring (bicyclic) bond motifs is 3. The molecule has 1 aromatic carbocycles. The van der Waals surface area contributed by atoms with E-state index in [1.165, 1.54) is 0 Å². The summed E-state index contributed by atoms with van der Waals surface area (Å²) >= 11 is 3.48. The SMILES string of the molecule is CCOC(=O)c1c(Br)cc2n1CCCc1cc(-c3ccccc3)c(=O)[nH]c1-2. The van der Waals surface area contributed by atoms with Crippen LogP contribution in [0.4, 0.5) is 0 Å². The number of hydrogen-bond acceptors (Lipinski definition) is 3. The first-order valence-electron chi connectivity index (χ1n) is 8.98. The predicted octanol–water partition coefficient (Wildman–Crippen LogP) is 4.40. The minimum absolute atomic E-state index is 0.136. The number of rotatable bonds is 3. The molecule has 4 rings (SSSR count). The van der Waals surface area contributed by atoms with Crippen LogP contribution in [-0.2, 0) is 17.7 Å². The third kappa shape index (κ3) is 3.14. The number of aryl methyl sites for hydroxylation is 1. The van der Waals surface area contributed by atoms with Crippen LogP contribution in [0.15, 0.2) is 51.7 Å². The van der Waals surface area contributed by atoms with Gasteiger partial charge in [-0.2, -0.15) is 0 Å². The summed E-state index contributed by atoms with van der Waals surface area (Å²) in [5, 5.41) is 0. The number of nitrogens with zero attached hydrogens (tertiary/aromatic N) is 1. The molecule has 6 heteroatoms. The van der Waals surface area contributed by atoms with Crippen LogP contribution in [0, 0.1) is 0 Å². The van der Waals surface area contributed by atoms with Crippen molar-refractivity contribution < 1.29 is 9.53 Å². The summed E-state index contributed by atoms with van der Waals surface area (Å²) in [6.45, 7) is 2.79. The summed E-state index contributed by atoms with van der Waals surface area (Å²) in [5.74, 6) is -0.359. The lowest BCUT2D eigenvalue weighted by atomic mass is 10.0. The molecule has 3 heterocycles. The number of aromatic amines is 1. The van der Waals surface area contributed by atoms with Crippen LogP contribution in [0.1, 0.15) is 29.4 Å². The number of nitrogens with one attached hydrogen (secondary N) is 1. The van der Waals surface area contributed by atoms with Crippen LogP contribution in [0.25, 0.3) is 22.5 Å². The normalized spacial score (nSPS) is 12.8. The van der Waals surface area contributed by atoms with Crippen molar-refractivity contribution in [2.24, 2.45) is 0 Å². The Hall–Kier alpha value is -2.60. The number of carbonyl (C=O) groups excluding carboxylic acids is 1. The molecule has 0 fully saturated rings. The third-order valence-electron chi connectivity index (χ3n) is 4.81. The first-order chi connectivity index (χ1) is 13.1. The molecular formula is C21H19BrN2O3. The van der Waals surface area contributed by atoms with Crippen LogP contribution in [0.5, 0.6) is 0 Å². The number of benzene rings is 1. The molecule has 0 radical (unpaired) electrons. The van der Waals surface area contributed by atoms with Gasteiger partial charge < -0.3 is 14.3 Å². The molecule has 5 nitrogen and oxygen atoms in total. The number of carbonyl (C=O) groups is 1. The van der Waals surface area contributed by atoms with Gasteiger partial charge in [0, 0.05) is 12.1 Å². The maximum absolute atomic E-state index is 12.8. The Morgan fingerprint density at radius 3 is 2.78 bits per heavy atom. The molecule has 1 aliphatic heterocycles. The van der Waals surface area contributed by atoms with E-state index in [-0.39, 0.29) is 11.5 Å². The largest absolute Gasteiger partial charge is 0.461 e. The fraction of sp³-hybridized carbons (Fsp3) is 0.238. The molecule has 0 saturated heterocycles. The van der Waals surface area contributed by atoms with Crippen molar-refractivity contribution in [2.75, 3.05) is 6.61 Å². The number of ether oxygens (including phenoxy) is 1. The second-order valence-corrected chi connectivity index (χ2v) is 7.33. The van der Waals surface area contributed by atoms with Crippen molar-refractivity contribution in [1.29, 1.82) is 0 Å². The van der Waals surface area contributed by atoms with Gasteiger partial charge in [-0.3, -0.25) is 4.79 Å². The van der Waals surface area contributed by atoms with Gasteiger partial charge in [0.15, 0.2) is 0 Å². The predicted molar refractivity (Wildman–Crippen MR) is 108 cm³/mol. The fourth-order valence-corrected chi connectivity index (χ4v) is 4.21. The molecule has 0 unspecified atom stereocenters. The van der Waals surface area contributed by atoms with E-state index in [2.05, 4.69) is 20.9 Å². The van der Waals surface area contributed by atoms with Gasteiger partial charge in [-0.15, -0.1) is 0 Å². The van der Waals surface area contributed by atoms with E-state index in [1.807, 2.05) is 47.0 Å². The Balaban J connectivity index is 1.88. The smallest absolute Gasteiger partial charge is 0.356 e. The van der Waals surface area contributed by atoms with Crippen LogP contribution in [0.2, 0.25) is 0 Å². The van der Waals surface area contributed by atoms with Gasteiger partial charge in [0.1, 0.15) is 5.69 Å². The molecule has 0 bridgehead atoms. The van der Waals surface area contributed by atoms with Crippen LogP contribution >= 0.6 is 15.9 Å². The summed E-state index contributed by atoms with van der Waals surface area (Å²) in [6, 6.07) is 13.5. The van der Waals surface area contributed by atoms with E-state index in [9.17, 15) is 9.59 Å². The van der Waals surface area contributed by atoms with Gasteiger partial charge in [-0.25, -0.2) is 4.79 Å². The zero-order chi connectivity index (χ0) is 19.0. The summed E-state index contributed by atoms with van der Waals surface area (Å²) in [5.41, 5.74) is 4.60. The highest BCUT2D eigenvalue weighted by Gasteiger charge is 2.26. The zero-order valence-electron chi connectivity index (χ0n) is 14.9. The van der Waals surface area contributed by atoms with E-state index >= 15 is 0 Å². The van der Waals surface area contributed by atoms with Gasteiger partial charge >= 0.3 is 5.97 Å². The Kier molecular flexibility index (Phi) is 4.74. The summed E-state index contributed by atoms with van der Waals surface area (Å²) in [4.78, 5) is 28.2. The van der Waals surface area contributed by atoms with Crippen molar-refractivity contribution in [2.45, 2.75) is 26.3 Å². The summed E-state index contributed by atoms with van der Waals surface area (Å²) in [6.07, 6.45) is 1.70. The molecule has 0 amide bonds. The number of pyridine rings is 1. The standard InChI is InChI=1S/C21H19BrN2O3/c1-2-27-21(26)19-16(22)12-17-18-14(9-6-10-24(17)19)11-15(20(25)23-18)13-7-4-3-5-8-13/h3-5,7-8,11-12H,2,6,9-10H2,1H3,(H,23,25). The first kappa shape index (κ1) is 17.8. The number of hydrogen-bond donors (Lipinski definition) is 1. The fourth-order valence-electron chi connectivity index (χ4n) is 3.62. The van der Waals surface area contributed by atoms with E-state index in [1.54, 1.807) is 6.92 Å². The van der Waals surface area contributed by atoms with Gasteiger partial charge in [-0.05, 0) is 59.0 Å². The highest BCUT2D eigenvalue weighted by atomic mass is 79.9. The maximum Gasteiger partial charge on any atom is 0.356 e. The van der Waals surface area contributed by atoms with E-state index in [0.717, 1.165) is 35.4 Å². The topological polar surface area (TPSA) is 64.1 Å². The zero-order valence-corrected chi connectivity index (χ0v) is 16.5. The minimum atomic E-state index is -0.359. The van der Waals surface area contributed by atoms with Crippen molar-refractivity contribution >= 4 is 21.9 Å². The number of aromatic nitrogens is 2. The van der Waals surface area contributed by atoms with Crippen molar-refractivity contribution in [3.8, 4) is 22.5 Å². The first-order valence-corrected chi connectivity index (χ1v) is 9.77. The monoisotopic (exact) mass is 426 g/mol. The Morgan fingerprint density at radius 1 is 1.26 bits per heavy atom. The lowest BCUT2D eigenvalue weighted by molar-refractivity contribution is 0.0512. The summed E-state index contributed by atoms with van der Waals surface area (Å²) in [7, 11) is 0. The second kappa shape index (κ2) is 7.19. The van der Waals surface area contributed by atoms with Crippen LogP contribution < -0.4 is 5.56 Å². The van der Waals surface area contributed by atoms with Gasteiger partial charge in [0.05, 0.1) is 22.5 Å². The molecule has 0 saturated carbocycles. The van der Waals surface area contributed by atoms with Crippen molar-refractivity contribution in [3.63, 3.8) is 0 Å². The lowest BCUT2D eigenvalue weighted by Gasteiger charge is -2.11. The van der Waals surface area contributed by atoms with Gasteiger partial charge in [0.2, 0.25) is 0 Å². The third-order valence-corrected chi connectivity index (χ3v) is 5.42. The average molecular weight is 427 g/mol. The highest BCUT2D eigenvalue weighted by molar-refractivity contribution is 9.10. The van der Waals surface area contributed by atoms with Crippen LogP contribution in [0.3, 0.4) is 0 Å². The Labute approximate surface area is 165 Å². The maximum atomic E-state index is 12.8. The quantitative estimate of drug-likeness (QED) is 0.631. The van der Waals surface area contributed by atoms with E-state index in [0.29, 0.717) is 28.9 Å². The van der Waals surface area contributed by atoms with Crippen LogP contribution in [-0.4, -0.2) is 22.1 Å². The second-order valence-electron chi connectivity index (χ2n) is 6.48. The molecule has 2 aromatic heterocycles. The molecule has 138 valence electrons. The molecule has 1 aliphatic rings. The lowest BCUT2D eigenvalue weighted by Crippen LogP contribution is -2.14.